The minimum Gasteiger partial charge on any atom is -0.489 e. The van der Waals surface area contributed by atoms with E-state index in [1.165, 1.54) is 25.7 Å². The van der Waals surface area contributed by atoms with Crippen LogP contribution in [-0.2, 0) is 4.79 Å². The molecule has 1 aromatic heterocycles. The van der Waals surface area contributed by atoms with E-state index in [0.717, 1.165) is 36.9 Å². The lowest BCUT2D eigenvalue weighted by Crippen LogP contribution is -2.42. The summed E-state index contributed by atoms with van der Waals surface area (Å²) in [5, 5.41) is 0.718. The standard InChI is InChI=1S/C17H24N2O2S/c20-17(13-22-16-5-1-2-6-16)19-10-7-14(8-11-19)21-15-4-3-9-18-12-15/h3-4,9,12,14,16H,1-2,5-8,10-11,13H2. The Balaban J connectivity index is 1.38. The Labute approximate surface area is 136 Å². The van der Waals surface area contributed by atoms with Gasteiger partial charge in [0.2, 0.25) is 5.91 Å². The van der Waals surface area contributed by atoms with E-state index in [2.05, 4.69) is 4.98 Å². The summed E-state index contributed by atoms with van der Waals surface area (Å²) in [7, 11) is 0. The molecule has 3 rings (SSSR count). The zero-order chi connectivity index (χ0) is 15.2. The van der Waals surface area contributed by atoms with Crippen molar-refractivity contribution in [2.24, 2.45) is 0 Å². The molecule has 0 spiro atoms. The molecule has 0 bridgehead atoms. The van der Waals surface area contributed by atoms with E-state index in [9.17, 15) is 4.79 Å². The summed E-state index contributed by atoms with van der Waals surface area (Å²) in [4.78, 5) is 18.3. The molecule has 5 heteroatoms. The molecule has 1 aromatic rings. The highest BCUT2D eigenvalue weighted by molar-refractivity contribution is 8.00. The Morgan fingerprint density at radius 3 is 2.73 bits per heavy atom. The molecule has 1 aliphatic heterocycles. The maximum absolute atomic E-state index is 12.3. The van der Waals surface area contributed by atoms with Gasteiger partial charge in [0.05, 0.1) is 11.9 Å². The number of piperidine rings is 1. The van der Waals surface area contributed by atoms with Gasteiger partial charge in [0.25, 0.3) is 0 Å². The van der Waals surface area contributed by atoms with E-state index < -0.39 is 0 Å². The monoisotopic (exact) mass is 320 g/mol. The van der Waals surface area contributed by atoms with Crippen molar-refractivity contribution in [2.75, 3.05) is 18.8 Å². The summed E-state index contributed by atoms with van der Waals surface area (Å²) in [6.45, 7) is 1.63. The number of thioether (sulfide) groups is 1. The van der Waals surface area contributed by atoms with E-state index in [-0.39, 0.29) is 6.10 Å². The van der Waals surface area contributed by atoms with Gasteiger partial charge in [-0.15, -0.1) is 11.8 Å². The fraction of sp³-hybridized carbons (Fsp3) is 0.647. The molecule has 2 fully saturated rings. The number of ether oxygens (including phenoxy) is 1. The average Bonchev–Trinajstić information content (AvgIpc) is 3.08. The molecular formula is C17H24N2O2S. The molecule has 1 aliphatic carbocycles. The number of amides is 1. The number of likely N-dealkylation sites (tertiary alicyclic amines) is 1. The zero-order valence-electron chi connectivity index (χ0n) is 12.9. The Morgan fingerprint density at radius 2 is 2.05 bits per heavy atom. The summed E-state index contributed by atoms with van der Waals surface area (Å²) >= 11 is 1.86. The van der Waals surface area contributed by atoms with Crippen molar-refractivity contribution in [3.8, 4) is 5.75 Å². The molecular weight excluding hydrogens is 296 g/mol. The summed E-state index contributed by atoms with van der Waals surface area (Å²) in [6, 6.07) is 3.82. The molecule has 22 heavy (non-hydrogen) atoms. The number of hydrogen-bond acceptors (Lipinski definition) is 4. The van der Waals surface area contributed by atoms with Gasteiger partial charge in [-0.25, -0.2) is 0 Å². The summed E-state index contributed by atoms with van der Waals surface area (Å²) < 4.78 is 5.92. The largest absolute Gasteiger partial charge is 0.489 e. The molecule has 1 saturated heterocycles. The molecule has 0 atom stereocenters. The van der Waals surface area contributed by atoms with Crippen molar-refractivity contribution in [1.82, 2.24) is 9.88 Å². The predicted octanol–water partition coefficient (Wildman–Crippen LogP) is 3.13. The van der Waals surface area contributed by atoms with Crippen LogP contribution in [0.2, 0.25) is 0 Å². The van der Waals surface area contributed by atoms with Crippen LogP contribution in [0.4, 0.5) is 0 Å². The van der Waals surface area contributed by atoms with Crippen LogP contribution in [0.25, 0.3) is 0 Å². The first kappa shape index (κ1) is 15.7. The van der Waals surface area contributed by atoms with Crippen molar-refractivity contribution in [3.63, 3.8) is 0 Å². The highest BCUT2D eigenvalue weighted by Crippen LogP contribution is 2.29. The van der Waals surface area contributed by atoms with Gasteiger partial charge in [0.15, 0.2) is 0 Å². The number of carbonyl (C=O) groups excluding carboxylic acids is 1. The second kappa shape index (κ2) is 7.86. The van der Waals surface area contributed by atoms with Crippen LogP contribution in [0, 0.1) is 0 Å². The van der Waals surface area contributed by atoms with E-state index in [0.29, 0.717) is 11.7 Å². The molecule has 0 unspecified atom stereocenters. The second-order valence-electron chi connectivity index (χ2n) is 6.10. The summed E-state index contributed by atoms with van der Waals surface area (Å²) in [6.07, 6.45) is 10.8. The smallest absolute Gasteiger partial charge is 0.232 e. The van der Waals surface area contributed by atoms with E-state index >= 15 is 0 Å². The van der Waals surface area contributed by atoms with Crippen LogP contribution in [0.15, 0.2) is 24.5 Å². The first-order valence-electron chi connectivity index (χ1n) is 8.27. The summed E-state index contributed by atoms with van der Waals surface area (Å²) in [5.74, 6) is 1.78. The molecule has 2 heterocycles. The first-order valence-corrected chi connectivity index (χ1v) is 9.32. The van der Waals surface area contributed by atoms with Gasteiger partial charge >= 0.3 is 0 Å². The zero-order valence-corrected chi connectivity index (χ0v) is 13.8. The molecule has 120 valence electrons. The van der Waals surface area contributed by atoms with Crippen LogP contribution >= 0.6 is 11.8 Å². The van der Waals surface area contributed by atoms with Crippen molar-refractivity contribution in [1.29, 1.82) is 0 Å². The maximum Gasteiger partial charge on any atom is 0.232 e. The van der Waals surface area contributed by atoms with Crippen LogP contribution in [-0.4, -0.2) is 46.0 Å². The van der Waals surface area contributed by atoms with Crippen LogP contribution in [0.3, 0.4) is 0 Å². The molecule has 4 nitrogen and oxygen atoms in total. The third-order valence-corrected chi connectivity index (χ3v) is 5.83. The van der Waals surface area contributed by atoms with Crippen molar-refractivity contribution >= 4 is 17.7 Å². The molecule has 0 aromatic carbocycles. The maximum atomic E-state index is 12.3. The first-order chi connectivity index (χ1) is 10.8. The normalized spacial score (nSPS) is 20.3. The number of pyridine rings is 1. The fourth-order valence-corrected chi connectivity index (χ4v) is 4.40. The second-order valence-corrected chi connectivity index (χ2v) is 7.39. The molecule has 2 aliphatic rings. The Kier molecular flexibility index (Phi) is 5.59. The van der Waals surface area contributed by atoms with Crippen molar-refractivity contribution < 1.29 is 9.53 Å². The Hall–Kier alpha value is -1.23. The van der Waals surface area contributed by atoms with Gasteiger partial charge < -0.3 is 9.64 Å². The van der Waals surface area contributed by atoms with Gasteiger partial charge in [-0.05, 0) is 25.0 Å². The highest BCUT2D eigenvalue weighted by Gasteiger charge is 2.25. The van der Waals surface area contributed by atoms with Crippen LogP contribution in [0.5, 0.6) is 5.75 Å². The number of nitrogens with zero attached hydrogens (tertiary/aromatic N) is 2. The lowest BCUT2D eigenvalue weighted by molar-refractivity contribution is -0.130. The highest BCUT2D eigenvalue weighted by atomic mass is 32.2. The van der Waals surface area contributed by atoms with Crippen LogP contribution < -0.4 is 4.74 Å². The fourth-order valence-electron chi connectivity index (χ4n) is 3.17. The van der Waals surface area contributed by atoms with Crippen molar-refractivity contribution in [2.45, 2.75) is 49.9 Å². The lowest BCUT2D eigenvalue weighted by atomic mass is 10.1. The Bertz CT molecular complexity index is 469. The predicted molar refractivity (Wildman–Crippen MR) is 89.2 cm³/mol. The van der Waals surface area contributed by atoms with E-state index in [1.807, 2.05) is 28.8 Å². The number of carbonyl (C=O) groups is 1. The minimum atomic E-state index is 0.204. The van der Waals surface area contributed by atoms with Gasteiger partial charge in [-0.3, -0.25) is 9.78 Å². The topological polar surface area (TPSA) is 42.4 Å². The van der Waals surface area contributed by atoms with Gasteiger partial charge in [0.1, 0.15) is 11.9 Å². The lowest BCUT2D eigenvalue weighted by Gasteiger charge is -2.32. The van der Waals surface area contributed by atoms with Gasteiger partial charge in [-0.1, -0.05) is 12.8 Å². The number of aromatic nitrogens is 1. The van der Waals surface area contributed by atoms with Crippen molar-refractivity contribution in [3.05, 3.63) is 24.5 Å². The number of hydrogen-bond donors (Lipinski definition) is 0. The third-order valence-electron chi connectivity index (χ3n) is 4.48. The van der Waals surface area contributed by atoms with Gasteiger partial charge in [-0.2, -0.15) is 0 Å². The average molecular weight is 320 g/mol. The van der Waals surface area contributed by atoms with Gasteiger partial charge in [0, 0.05) is 37.4 Å². The molecule has 1 saturated carbocycles. The van der Waals surface area contributed by atoms with Crippen LogP contribution in [0.1, 0.15) is 38.5 Å². The Morgan fingerprint density at radius 1 is 1.27 bits per heavy atom. The molecule has 0 N–H and O–H groups in total. The quantitative estimate of drug-likeness (QED) is 0.836. The number of rotatable bonds is 5. The molecule has 0 radical (unpaired) electrons. The van der Waals surface area contributed by atoms with E-state index in [4.69, 9.17) is 4.74 Å². The summed E-state index contributed by atoms with van der Waals surface area (Å²) in [5.41, 5.74) is 0. The minimum absolute atomic E-state index is 0.204. The SMILES string of the molecule is O=C(CSC1CCCC1)N1CCC(Oc2cccnc2)CC1. The molecule has 1 amide bonds. The third kappa shape index (κ3) is 4.38. The van der Waals surface area contributed by atoms with E-state index in [1.54, 1.807) is 12.4 Å².